The van der Waals surface area contributed by atoms with Crippen LogP contribution < -0.4 is 5.32 Å². The molecule has 1 heterocycles. The molecule has 1 aromatic rings. The fourth-order valence-electron chi connectivity index (χ4n) is 2.83. The summed E-state index contributed by atoms with van der Waals surface area (Å²) < 4.78 is 0.537. The lowest BCUT2D eigenvalue weighted by Gasteiger charge is -2.40. The Morgan fingerprint density at radius 1 is 1.43 bits per heavy atom. The van der Waals surface area contributed by atoms with E-state index in [1.807, 2.05) is 6.07 Å². The first-order valence-corrected chi connectivity index (χ1v) is 8.24. The molecule has 1 aromatic carbocycles. The van der Waals surface area contributed by atoms with E-state index < -0.39 is 0 Å². The summed E-state index contributed by atoms with van der Waals surface area (Å²) in [5.74, 6) is 0. The highest BCUT2D eigenvalue weighted by atomic mass is 79.9. The Bertz CT molecular complexity index is 510. The van der Waals surface area contributed by atoms with Gasteiger partial charge in [-0.3, -0.25) is 15.0 Å². The van der Waals surface area contributed by atoms with E-state index in [1.54, 1.807) is 12.1 Å². The van der Waals surface area contributed by atoms with Gasteiger partial charge in [0, 0.05) is 37.8 Å². The first kappa shape index (κ1) is 16.4. The molecule has 0 spiro atoms. The molecular weight excluding hydrogens is 334 g/mol. The minimum absolute atomic E-state index is 0.141. The van der Waals surface area contributed by atoms with Crippen LogP contribution >= 0.6 is 15.9 Å². The molecule has 1 aliphatic rings. The van der Waals surface area contributed by atoms with Gasteiger partial charge in [0.15, 0.2) is 0 Å². The van der Waals surface area contributed by atoms with Crippen molar-refractivity contribution in [2.24, 2.45) is 0 Å². The SMILES string of the molecule is CCC1CN(Cc2ccc(Br)c([N+](=O)[O-])c2)C(CC)CN1. The number of benzene rings is 1. The van der Waals surface area contributed by atoms with Gasteiger partial charge in [0.25, 0.3) is 5.69 Å². The van der Waals surface area contributed by atoms with Crippen LogP contribution in [0.2, 0.25) is 0 Å². The molecule has 1 fully saturated rings. The minimum Gasteiger partial charge on any atom is -0.311 e. The first-order valence-electron chi connectivity index (χ1n) is 7.45. The third kappa shape index (κ3) is 4.02. The molecule has 0 saturated carbocycles. The molecular formula is C15H22BrN3O2. The van der Waals surface area contributed by atoms with Gasteiger partial charge in [0.1, 0.15) is 0 Å². The van der Waals surface area contributed by atoms with Crippen LogP contribution in [0.15, 0.2) is 22.7 Å². The zero-order valence-corrected chi connectivity index (χ0v) is 14.1. The van der Waals surface area contributed by atoms with Crippen molar-refractivity contribution in [3.63, 3.8) is 0 Å². The first-order chi connectivity index (χ1) is 10.0. The second-order valence-electron chi connectivity index (χ2n) is 5.55. The van der Waals surface area contributed by atoms with Crippen LogP contribution in [-0.4, -0.2) is 35.0 Å². The summed E-state index contributed by atoms with van der Waals surface area (Å²) in [7, 11) is 0. The van der Waals surface area contributed by atoms with Gasteiger partial charge >= 0.3 is 0 Å². The van der Waals surface area contributed by atoms with E-state index in [1.165, 1.54) is 0 Å². The van der Waals surface area contributed by atoms with Crippen molar-refractivity contribution >= 4 is 21.6 Å². The zero-order chi connectivity index (χ0) is 15.4. The maximum absolute atomic E-state index is 11.0. The van der Waals surface area contributed by atoms with Crippen molar-refractivity contribution in [1.29, 1.82) is 0 Å². The number of hydrogen-bond acceptors (Lipinski definition) is 4. The normalized spacial score (nSPS) is 23.2. The van der Waals surface area contributed by atoms with E-state index in [4.69, 9.17) is 0 Å². The van der Waals surface area contributed by atoms with Gasteiger partial charge in [-0.25, -0.2) is 0 Å². The monoisotopic (exact) mass is 355 g/mol. The Labute approximate surface area is 134 Å². The van der Waals surface area contributed by atoms with Crippen molar-refractivity contribution in [1.82, 2.24) is 10.2 Å². The number of nitrogens with one attached hydrogen (secondary N) is 1. The van der Waals surface area contributed by atoms with Crippen LogP contribution in [0.25, 0.3) is 0 Å². The summed E-state index contributed by atoms with van der Waals surface area (Å²) in [6.45, 7) is 7.14. The maximum atomic E-state index is 11.0. The molecule has 0 bridgehead atoms. The standard InChI is InChI=1S/C15H22BrN3O2/c1-3-12-10-18(13(4-2)8-17-12)9-11-5-6-14(16)15(7-11)19(20)21/h5-7,12-13,17H,3-4,8-10H2,1-2H3. The van der Waals surface area contributed by atoms with Crippen molar-refractivity contribution < 1.29 is 4.92 Å². The van der Waals surface area contributed by atoms with Crippen molar-refractivity contribution in [3.8, 4) is 0 Å². The van der Waals surface area contributed by atoms with Crippen LogP contribution in [-0.2, 0) is 6.54 Å². The van der Waals surface area contributed by atoms with E-state index in [0.29, 0.717) is 16.6 Å². The van der Waals surface area contributed by atoms with Gasteiger partial charge < -0.3 is 5.32 Å². The number of nitro groups is 1. The fraction of sp³-hybridized carbons (Fsp3) is 0.600. The van der Waals surface area contributed by atoms with Crippen molar-refractivity contribution in [2.75, 3.05) is 13.1 Å². The quantitative estimate of drug-likeness (QED) is 0.650. The van der Waals surface area contributed by atoms with Gasteiger partial charge in [-0.05, 0) is 40.4 Å². The van der Waals surface area contributed by atoms with Gasteiger partial charge in [0.2, 0.25) is 0 Å². The highest BCUT2D eigenvalue weighted by molar-refractivity contribution is 9.10. The van der Waals surface area contributed by atoms with Crippen LogP contribution in [0.3, 0.4) is 0 Å². The highest BCUT2D eigenvalue weighted by Crippen LogP contribution is 2.27. The number of rotatable bonds is 5. The van der Waals surface area contributed by atoms with E-state index >= 15 is 0 Å². The van der Waals surface area contributed by atoms with Gasteiger partial charge in [-0.2, -0.15) is 0 Å². The Kier molecular flexibility index (Phi) is 5.72. The molecule has 6 heteroatoms. The highest BCUT2D eigenvalue weighted by Gasteiger charge is 2.26. The molecule has 1 aliphatic heterocycles. The van der Waals surface area contributed by atoms with Crippen LogP contribution in [0.1, 0.15) is 32.3 Å². The fourth-order valence-corrected chi connectivity index (χ4v) is 3.22. The summed E-state index contributed by atoms with van der Waals surface area (Å²) in [5, 5.41) is 14.6. The number of nitro benzene ring substituents is 1. The Balaban J connectivity index is 2.15. The predicted molar refractivity (Wildman–Crippen MR) is 87.4 cm³/mol. The second kappa shape index (κ2) is 7.33. The van der Waals surface area contributed by atoms with Crippen molar-refractivity contribution in [2.45, 2.75) is 45.3 Å². The summed E-state index contributed by atoms with van der Waals surface area (Å²) in [5.41, 5.74) is 1.14. The molecule has 1 saturated heterocycles. The molecule has 2 unspecified atom stereocenters. The number of piperazine rings is 1. The average Bonchev–Trinajstić information content (AvgIpc) is 2.48. The van der Waals surface area contributed by atoms with Gasteiger partial charge in [0.05, 0.1) is 9.40 Å². The van der Waals surface area contributed by atoms with E-state index in [2.05, 4.69) is 40.0 Å². The average molecular weight is 356 g/mol. The Hall–Kier alpha value is -0.980. The summed E-state index contributed by atoms with van der Waals surface area (Å²) in [6, 6.07) is 6.43. The summed E-state index contributed by atoms with van der Waals surface area (Å²) in [4.78, 5) is 13.1. The Morgan fingerprint density at radius 3 is 2.81 bits per heavy atom. The number of halogens is 1. The van der Waals surface area contributed by atoms with E-state index in [-0.39, 0.29) is 10.6 Å². The van der Waals surface area contributed by atoms with Gasteiger partial charge in [-0.15, -0.1) is 0 Å². The molecule has 5 nitrogen and oxygen atoms in total. The van der Waals surface area contributed by atoms with Crippen LogP contribution in [0, 0.1) is 10.1 Å². The zero-order valence-electron chi connectivity index (χ0n) is 12.5. The smallest absolute Gasteiger partial charge is 0.283 e. The van der Waals surface area contributed by atoms with E-state index in [9.17, 15) is 10.1 Å². The topological polar surface area (TPSA) is 58.4 Å². The lowest BCUT2D eigenvalue weighted by Crippen LogP contribution is -2.55. The molecule has 0 aromatic heterocycles. The molecule has 116 valence electrons. The second-order valence-corrected chi connectivity index (χ2v) is 6.40. The largest absolute Gasteiger partial charge is 0.311 e. The number of hydrogen-bond donors (Lipinski definition) is 1. The van der Waals surface area contributed by atoms with Crippen molar-refractivity contribution in [3.05, 3.63) is 38.3 Å². The van der Waals surface area contributed by atoms with Crippen LogP contribution in [0.5, 0.6) is 0 Å². The molecule has 2 atom stereocenters. The summed E-state index contributed by atoms with van der Waals surface area (Å²) >= 11 is 3.24. The molecule has 2 rings (SSSR count). The third-order valence-corrected chi connectivity index (χ3v) is 4.84. The molecule has 1 N–H and O–H groups in total. The van der Waals surface area contributed by atoms with E-state index in [0.717, 1.165) is 38.0 Å². The Morgan fingerprint density at radius 2 is 2.19 bits per heavy atom. The molecule has 21 heavy (non-hydrogen) atoms. The molecule has 0 radical (unpaired) electrons. The molecule has 0 amide bonds. The van der Waals surface area contributed by atoms with Crippen LogP contribution in [0.4, 0.5) is 5.69 Å². The summed E-state index contributed by atoms with van der Waals surface area (Å²) in [6.07, 6.45) is 2.19. The minimum atomic E-state index is -0.336. The predicted octanol–water partition coefficient (Wildman–Crippen LogP) is 3.32. The third-order valence-electron chi connectivity index (χ3n) is 4.17. The lowest BCUT2D eigenvalue weighted by atomic mass is 10.0. The lowest BCUT2D eigenvalue weighted by molar-refractivity contribution is -0.385. The number of nitrogens with zero attached hydrogens (tertiary/aromatic N) is 2. The van der Waals surface area contributed by atoms with Gasteiger partial charge in [-0.1, -0.05) is 19.9 Å². The maximum Gasteiger partial charge on any atom is 0.283 e. The molecule has 0 aliphatic carbocycles.